The maximum Gasteiger partial charge on any atom is 0.262 e. The minimum absolute atomic E-state index is 0.0309. The lowest BCUT2D eigenvalue weighted by molar-refractivity contribution is -0.118. The zero-order chi connectivity index (χ0) is 20.9. The molecule has 1 N–H and O–H groups in total. The quantitative estimate of drug-likeness (QED) is 0.414. The van der Waals surface area contributed by atoms with Crippen LogP contribution in [0.5, 0.6) is 5.75 Å². The van der Waals surface area contributed by atoms with Crippen LogP contribution < -0.4 is 10.1 Å². The van der Waals surface area contributed by atoms with Gasteiger partial charge in [0, 0.05) is 21.7 Å². The van der Waals surface area contributed by atoms with Crippen LogP contribution in [0.15, 0.2) is 78.9 Å². The number of hydrogen-bond acceptors (Lipinski definition) is 4. The zero-order valence-electron chi connectivity index (χ0n) is 16.9. The number of aryl methyl sites for hydroxylation is 2. The summed E-state index contributed by atoms with van der Waals surface area (Å²) in [6.07, 6.45) is 0. The number of rotatable bonds is 6. The van der Waals surface area contributed by atoms with Crippen molar-refractivity contribution in [1.29, 1.82) is 0 Å². The highest BCUT2D eigenvalue weighted by molar-refractivity contribution is 7.15. The van der Waals surface area contributed by atoms with Gasteiger partial charge < -0.3 is 10.1 Å². The third-order valence-electron chi connectivity index (χ3n) is 4.62. The first-order valence-corrected chi connectivity index (χ1v) is 10.5. The summed E-state index contributed by atoms with van der Waals surface area (Å²) in [5.41, 5.74) is 4.94. The van der Waals surface area contributed by atoms with Gasteiger partial charge in [-0.05, 0) is 43.7 Å². The molecule has 1 aromatic heterocycles. The molecule has 4 rings (SSSR count). The normalized spacial score (nSPS) is 10.6. The van der Waals surface area contributed by atoms with E-state index in [0.29, 0.717) is 5.75 Å². The molecule has 1 amide bonds. The van der Waals surface area contributed by atoms with Crippen LogP contribution in [-0.4, -0.2) is 17.5 Å². The summed E-state index contributed by atoms with van der Waals surface area (Å²) in [4.78, 5) is 18.2. The number of carbonyl (C=O) groups excluding carboxylic acids is 1. The van der Waals surface area contributed by atoms with Crippen molar-refractivity contribution in [2.24, 2.45) is 0 Å². The highest BCUT2D eigenvalue weighted by atomic mass is 32.1. The Morgan fingerprint density at radius 3 is 2.43 bits per heavy atom. The number of amides is 1. The predicted octanol–water partition coefficient (Wildman–Crippen LogP) is 6.11. The number of thiazole rings is 1. The lowest BCUT2D eigenvalue weighted by Crippen LogP contribution is -2.20. The van der Waals surface area contributed by atoms with Gasteiger partial charge in [0.25, 0.3) is 5.91 Å². The first-order chi connectivity index (χ1) is 14.6. The average Bonchev–Trinajstić information content (AvgIpc) is 3.15. The minimum Gasteiger partial charge on any atom is -0.484 e. The maximum atomic E-state index is 12.2. The fraction of sp³-hybridized carbons (Fsp3) is 0.120. The summed E-state index contributed by atoms with van der Waals surface area (Å²) >= 11 is 1.69. The molecule has 0 unspecified atom stereocenters. The molecule has 4 nitrogen and oxygen atoms in total. The molecule has 0 saturated carbocycles. The van der Waals surface area contributed by atoms with Crippen LogP contribution in [0, 0.1) is 13.8 Å². The molecule has 4 aromatic rings. The Labute approximate surface area is 180 Å². The fourth-order valence-electron chi connectivity index (χ4n) is 3.13. The SMILES string of the molecule is Cc1cccc(OCC(=O)Nc2ccc(-c3nc(-c4ccccc4)sc3C)cc2)c1. The molecule has 0 saturated heterocycles. The Hall–Kier alpha value is -3.44. The van der Waals surface area contributed by atoms with Gasteiger partial charge in [0.15, 0.2) is 6.61 Å². The number of aromatic nitrogens is 1. The first kappa shape index (κ1) is 19.9. The monoisotopic (exact) mass is 414 g/mol. The highest BCUT2D eigenvalue weighted by Gasteiger charge is 2.12. The van der Waals surface area contributed by atoms with Crippen LogP contribution in [-0.2, 0) is 4.79 Å². The number of carbonyl (C=O) groups is 1. The van der Waals surface area contributed by atoms with Gasteiger partial charge in [-0.15, -0.1) is 11.3 Å². The van der Waals surface area contributed by atoms with Crippen molar-refractivity contribution in [3.8, 4) is 27.6 Å². The standard InChI is InChI=1S/C25H22N2O2S/c1-17-7-6-10-22(15-17)29-16-23(28)26-21-13-11-19(12-14-21)24-18(2)30-25(27-24)20-8-4-3-5-9-20/h3-15H,16H2,1-2H3,(H,26,28). The largest absolute Gasteiger partial charge is 0.484 e. The van der Waals surface area contributed by atoms with Gasteiger partial charge in [-0.1, -0.05) is 54.6 Å². The molecule has 0 fully saturated rings. The van der Waals surface area contributed by atoms with Crippen LogP contribution in [0.25, 0.3) is 21.8 Å². The van der Waals surface area contributed by atoms with E-state index in [-0.39, 0.29) is 12.5 Å². The summed E-state index contributed by atoms with van der Waals surface area (Å²) in [5, 5.41) is 3.88. The van der Waals surface area contributed by atoms with Crippen molar-refractivity contribution >= 4 is 22.9 Å². The highest BCUT2D eigenvalue weighted by Crippen LogP contribution is 2.33. The molecule has 1 heterocycles. The number of nitrogens with zero attached hydrogens (tertiary/aromatic N) is 1. The summed E-state index contributed by atoms with van der Waals surface area (Å²) in [7, 11) is 0. The molecule has 0 atom stereocenters. The maximum absolute atomic E-state index is 12.2. The third-order valence-corrected chi connectivity index (χ3v) is 5.64. The minimum atomic E-state index is -0.194. The van der Waals surface area contributed by atoms with E-state index < -0.39 is 0 Å². The van der Waals surface area contributed by atoms with Gasteiger partial charge in [0.2, 0.25) is 0 Å². The molecule has 150 valence electrons. The molecule has 0 spiro atoms. The second-order valence-electron chi connectivity index (χ2n) is 7.02. The third kappa shape index (κ3) is 4.75. The second kappa shape index (κ2) is 8.93. The molecule has 3 aromatic carbocycles. The van der Waals surface area contributed by atoms with Crippen molar-refractivity contribution in [2.75, 3.05) is 11.9 Å². The van der Waals surface area contributed by atoms with Crippen molar-refractivity contribution in [1.82, 2.24) is 4.98 Å². The van der Waals surface area contributed by atoms with E-state index in [9.17, 15) is 4.79 Å². The van der Waals surface area contributed by atoms with E-state index in [2.05, 4.69) is 24.4 Å². The molecule has 0 aliphatic heterocycles. The number of ether oxygens (including phenoxy) is 1. The van der Waals surface area contributed by atoms with Crippen molar-refractivity contribution in [2.45, 2.75) is 13.8 Å². The van der Waals surface area contributed by atoms with Gasteiger partial charge in [-0.2, -0.15) is 0 Å². The predicted molar refractivity (Wildman–Crippen MR) is 123 cm³/mol. The van der Waals surface area contributed by atoms with Crippen LogP contribution in [0.4, 0.5) is 5.69 Å². The van der Waals surface area contributed by atoms with Gasteiger partial charge in [-0.3, -0.25) is 4.79 Å². The van der Waals surface area contributed by atoms with Crippen LogP contribution >= 0.6 is 11.3 Å². The second-order valence-corrected chi connectivity index (χ2v) is 8.22. The number of anilines is 1. The summed E-state index contributed by atoms with van der Waals surface area (Å²) in [6, 6.07) is 25.6. The lowest BCUT2D eigenvalue weighted by Gasteiger charge is -2.08. The van der Waals surface area contributed by atoms with E-state index in [1.54, 1.807) is 11.3 Å². The van der Waals surface area contributed by atoms with E-state index in [0.717, 1.165) is 38.0 Å². The van der Waals surface area contributed by atoms with Crippen LogP contribution in [0.1, 0.15) is 10.4 Å². The smallest absolute Gasteiger partial charge is 0.262 e. The molecule has 30 heavy (non-hydrogen) atoms. The van der Waals surface area contributed by atoms with E-state index in [1.807, 2.05) is 73.7 Å². The summed E-state index contributed by atoms with van der Waals surface area (Å²) in [6.45, 7) is 4.04. The Bertz CT molecular complexity index is 1150. The first-order valence-electron chi connectivity index (χ1n) is 9.71. The van der Waals surface area contributed by atoms with E-state index in [1.165, 1.54) is 0 Å². The number of hydrogen-bond donors (Lipinski definition) is 1. The lowest BCUT2D eigenvalue weighted by atomic mass is 10.1. The Morgan fingerprint density at radius 1 is 0.933 bits per heavy atom. The molecular weight excluding hydrogens is 392 g/mol. The van der Waals surface area contributed by atoms with Gasteiger partial charge >= 0.3 is 0 Å². The van der Waals surface area contributed by atoms with Gasteiger partial charge in [0.05, 0.1) is 5.69 Å². The number of nitrogens with one attached hydrogen (secondary N) is 1. The van der Waals surface area contributed by atoms with Crippen LogP contribution in [0.2, 0.25) is 0 Å². The van der Waals surface area contributed by atoms with Gasteiger partial charge in [-0.25, -0.2) is 4.98 Å². The van der Waals surface area contributed by atoms with Crippen LogP contribution in [0.3, 0.4) is 0 Å². The molecule has 0 aliphatic rings. The Morgan fingerprint density at radius 2 is 1.70 bits per heavy atom. The van der Waals surface area contributed by atoms with Gasteiger partial charge in [0.1, 0.15) is 10.8 Å². The summed E-state index contributed by atoms with van der Waals surface area (Å²) < 4.78 is 5.55. The Balaban J connectivity index is 1.41. The molecule has 0 radical (unpaired) electrons. The van der Waals surface area contributed by atoms with Crippen molar-refractivity contribution in [3.63, 3.8) is 0 Å². The molecule has 0 aliphatic carbocycles. The van der Waals surface area contributed by atoms with E-state index >= 15 is 0 Å². The average molecular weight is 415 g/mol. The summed E-state index contributed by atoms with van der Waals surface area (Å²) in [5.74, 6) is 0.495. The van der Waals surface area contributed by atoms with Crippen molar-refractivity contribution in [3.05, 3.63) is 89.3 Å². The van der Waals surface area contributed by atoms with E-state index in [4.69, 9.17) is 9.72 Å². The fourth-order valence-corrected chi connectivity index (χ4v) is 4.07. The molecule has 0 bridgehead atoms. The number of benzene rings is 3. The van der Waals surface area contributed by atoms with Crippen molar-refractivity contribution < 1.29 is 9.53 Å². The molecule has 5 heteroatoms. The Kier molecular flexibility index (Phi) is 5.91. The zero-order valence-corrected chi connectivity index (χ0v) is 17.7. The molecular formula is C25H22N2O2S. The topological polar surface area (TPSA) is 51.2 Å².